The number of hydrogen-bond acceptors (Lipinski definition) is 6. The molecule has 0 N–H and O–H groups in total. The van der Waals surface area contributed by atoms with Crippen molar-refractivity contribution in [2.24, 2.45) is 0 Å². The van der Waals surface area contributed by atoms with Gasteiger partial charge in [-0.1, -0.05) is 170 Å². The van der Waals surface area contributed by atoms with Gasteiger partial charge in [-0.15, -0.1) is 22.7 Å². The van der Waals surface area contributed by atoms with E-state index in [1.807, 2.05) is 53.0 Å². The van der Waals surface area contributed by atoms with Gasteiger partial charge in [0.2, 0.25) is 0 Å². The Morgan fingerprint density at radius 1 is 0.317 bits per heavy atom. The van der Waals surface area contributed by atoms with Crippen LogP contribution in [-0.2, 0) is 0 Å². The van der Waals surface area contributed by atoms with Crippen LogP contribution in [0.15, 0.2) is 205 Å². The average Bonchev–Trinajstić information content (AvgIpc) is 4.06. The predicted octanol–water partition coefficient (Wildman–Crippen LogP) is 16.5. The first-order valence-electron chi connectivity index (χ1n) is 21.0. The maximum Gasteiger partial charge on any atom is 0.164 e. The normalized spacial score (nSPS) is 11.8. The van der Waals surface area contributed by atoms with Gasteiger partial charge < -0.3 is 4.42 Å². The Morgan fingerprint density at radius 2 is 0.810 bits per heavy atom. The van der Waals surface area contributed by atoms with Crippen LogP contribution in [0.25, 0.3) is 130 Å². The van der Waals surface area contributed by atoms with Crippen LogP contribution in [0.2, 0.25) is 0 Å². The molecule has 4 nitrogen and oxygen atoms in total. The van der Waals surface area contributed by atoms with Crippen molar-refractivity contribution >= 4 is 85.0 Å². The third kappa shape index (κ3) is 5.91. The molecule has 0 saturated carbocycles. The number of rotatable bonds is 6. The first kappa shape index (κ1) is 35.9. The Bertz CT molecular complexity index is 3900. The first-order chi connectivity index (χ1) is 31.2. The molecule has 0 spiro atoms. The van der Waals surface area contributed by atoms with Crippen molar-refractivity contribution < 1.29 is 4.42 Å². The first-order valence-corrected chi connectivity index (χ1v) is 22.6. The lowest BCUT2D eigenvalue weighted by Gasteiger charge is -2.11. The van der Waals surface area contributed by atoms with Crippen LogP contribution in [0, 0.1) is 0 Å². The Balaban J connectivity index is 1.08. The molecule has 0 aliphatic carbocycles. The summed E-state index contributed by atoms with van der Waals surface area (Å²) in [5.41, 5.74) is 11.2. The number of benzene rings is 9. The van der Waals surface area contributed by atoms with E-state index >= 15 is 0 Å². The zero-order chi connectivity index (χ0) is 41.4. The predicted molar refractivity (Wildman–Crippen MR) is 265 cm³/mol. The highest BCUT2D eigenvalue weighted by atomic mass is 32.1. The maximum atomic E-state index is 7.07. The Labute approximate surface area is 370 Å². The molecule has 0 atom stereocenters. The summed E-state index contributed by atoms with van der Waals surface area (Å²) < 4.78 is 12.1. The van der Waals surface area contributed by atoms with Crippen LogP contribution in [0.1, 0.15) is 0 Å². The molecule has 9 aromatic carbocycles. The smallest absolute Gasteiger partial charge is 0.164 e. The molecule has 0 radical (unpaired) electrons. The summed E-state index contributed by atoms with van der Waals surface area (Å²) in [6.45, 7) is 0. The van der Waals surface area contributed by atoms with Gasteiger partial charge in [0.1, 0.15) is 11.2 Å². The quantitative estimate of drug-likeness (QED) is 0.167. The summed E-state index contributed by atoms with van der Waals surface area (Å²) in [7, 11) is 0. The van der Waals surface area contributed by atoms with Gasteiger partial charge in [-0.25, -0.2) is 15.0 Å². The summed E-state index contributed by atoms with van der Waals surface area (Å²) in [5.74, 6) is 1.81. The molecule has 294 valence electrons. The molecule has 4 aromatic heterocycles. The second-order valence-electron chi connectivity index (χ2n) is 15.9. The highest BCUT2D eigenvalue weighted by Crippen LogP contribution is 2.48. The van der Waals surface area contributed by atoms with Gasteiger partial charge in [0.15, 0.2) is 17.5 Å². The number of thiophene rings is 2. The number of furan rings is 1. The second kappa shape index (κ2) is 14.4. The third-order valence-corrected chi connectivity index (χ3v) is 14.6. The molecule has 0 saturated heterocycles. The lowest BCUT2D eigenvalue weighted by Crippen LogP contribution is -2.00. The van der Waals surface area contributed by atoms with E-state index in [9.17, 15) is 0 Å². The molecule has 0 amide bonds. The summed E-state index contributed by atoms with van der Waals surface area (Å²) >= 11 is 3.69. The highest BCUT2D eigenvalue weighted by Gasteiger charge is 2.23. The molecule has 0 aliphatic heterocycles. The van der Waals surface area contributed by atoms with Crippen LogP contribution < -0.4 is 0 Å². The van der Waals surface area contributed by atoms with E-state index in [4.69, 9.17) is 19.4 Å². The monoisotopic (exact) mass is 839 g/mol. The minimum atomic E-state index is 0.587. The van der Waals surface area contributed by atoms with Gasteiger partial charge in [-0.3, -0.25) is 0 Å². The van der Waals surface area contributed by atoms with Crippen molar-refractivity contribution in [3.05, 3.63) is 200 Å². The van der Waals surface area contributed by atoms with Gasteiger partial charge in [0.05, 0.1) is 0 Å². The fourth-order valence-corrected chi connectivity index (χ4v) is 11.7. The van der Waals surface area contributed by atoms with Gasteiger partial charge in [0, 0.05) is 78.9 Å². The number of hydrogen-bond donors (Lipinski definition) is 0. The molecule has 0 bridgehead atoms. The molecular weight excluding hydrogens is 807 g/mol. The Kier molecular flexibility index (Phi) is 8.22. The van der Waals surface area contributed by atoms with E-state index in [1.165, 1.54) is 45.9 Å². The molecule has 6 heteroatoms. The zero-order valence-corrected chi connectivity index (χ0v) is 35.3. The topological polar surface area (TPSA) is 51.8 Å². The lowest BCUT2D eigenvalue weighted by atomic mass is 9.93. The molecule has 0 aliphatic rings. The fraction of sp³-hybridized carbons (Fsp3) is 0. The molecule has 0 unspecified atom stereocenters. The van der Waals surface area contributed by atoms with E-state index in [0.717, 1.165) is 66.4 Å². The number of fused-ring (bicyclic) bond motifs is 9. The van der Waals surface area contributed by atoms with Crippen LogP contribution >= 0.6 is 22.7 Å². The second-order valence-corrected chi connectivity index (χ2v) is 18.0. The standard InChI is InChI=1S/C57H33N3OS2/c1-3-14-34(15-4-1)35-28-30-37(31-29-35)56-58-55(36-16-5-2-6-17-36)59-57(60-56)45-24-13-25-48-51(45)47-33-38(39-20-11-21-42-40-18-7-9-26-49(40)62-53(39)42)32-46(52(47)61-48)44-23-12-22-43-41-19-8-10-27-50(41)63-54(43)44/h1-33H. The van der Waals surface area contributed by atoms with Crippen molar-refractivity contribution in [1.82, 2.24) is 15.0 Å². The van der Waals surface area contributed by atoms with Crippen molar-refractivity contribution in [3.63, 3.8) is 0 Å². The zero-order valence-electron chi connectivity index (χ0n) is 33.6. The van der Waals surface area contributed by atoms with Gasteiger partial charge in [-0.05, 0) is 52.6 Å². The van der Waals surface area contributed by atoms with Crippen molar-refractivity contribution in [3.8, 4) is 67.5 Å². The summed E-state index contributed by atoms with van der Waals surface area (Å²) in [4.78, 5) is 15.6. The van der Waals surface area contributed by atoms with E-state index in [1.54, 1.807) is 0 Å². The average molecular weight is 840 g/mol. The summed E-state index contributed by atoms with van der Waals surface area (Å²) in [6, 6.07) is 70.7. The van der Waals surface area contributed by atoms with Gasteiger partial charge in [0.25, 0.3) is 0 Å². The van der Waals surface area contributed by atoms with E-state index in [2.05, 4.69) is 170 Å². The molecular formula is C57H33N3OS2. The summed E-state index contributed by atoms with van der Waals surface area (Å²) in [6.07, 6.45) is 0. The molecule has 0 fully saturated rings. The van der Waals surface area contributed by atoms with Gasteiger partial charge in [-0.2, -0.15) is 0 Å². The van der Waals surface area contributed by atoms with E-state index < -0.39 is 0 Å². The molecule has 4 heterocycles. The summed E-state index contributed by atoms with van der Waals surface area (Å²) in [5, 5.41) is 7.04. The van der Waals surface area contributed by atoms with Crippen LogP contribution in [0.5, 0.6) is 0 Å². The Morgan fingerprint density at radius 3 is 1.49 bits per heavy atom. The molecule has 13 aromatic rings. The SMILES string of the molecule is c1ccc(-c2ccc(-c3nc(-c4ccccc4)nc(-c4cccc5oc6c(-c7cccc8c7sc7ccccc78)cc(-c7cccc8c7sc7ccccc78)cc6c45)n3)cc2)cc1. The van der Waals surface area contributed by atoms with Crippen molar-refractivity contribution in [2.45, 2.75) is 0 Å². The maximum absolute atomic E-state index is 7.07. The van der Waals surface area contributed by atoms with Crippen LogP contribution in [0.3, 0.4) is 0 Å². The largest absolute Gasteiger partial charge is 0.455 e. The minimum absolute atomic E-state index is 0.587. The van der Waals surface area contributed by atoms with Crippen LogP contribution in [-0.4, -0.2) is 15.0 Å². The highest BCUT2D eigenvalue weighted by molar-refractivity contribution is 7.26. The van der Waals surface area contributed by atoms with Crippen molar-refractivity contribution in [1.29, 1.82) is 0 Å². The number of aromatic nitrogens is 3. The lowest BCUT2D eigenvalue weighted by molar-refractivity contribution is 0.670. The number of nitrogens with zero attached hydrogens (tertiary/aromatic N) is 3. The van der Waals surface area contributed by atoms with Gasteiger partial charge >= 0.3 is 0 Å². The fourth-order valence-electron chi connectivity index (χ4n) is 9.19. The minimum Gasteiger partial charge on any atom is -0.455 e. The van der Waals surface area contributed by atoms with Crippen LogP contribution in [0.4, 0.5) is 0 Å². The Hall–Kier alpha value is -7.77. The van der Waals surface area contributed by atoms with E-state index in [-0.39, 0.29) is 0 Å². The van der Waals surface area contributed by atoms with Crippen molar-refractivity contribution in [2.75, 3.05) is 0 Å². The molecule has 63 heavy (non-hydrogen) atoms. The van der Waals surface area contributed by atoms with E-state index in [0.29, 0.717) is 17.5 Å². The molecule has 13 rings (SSSR count). The third-order valence-electron chi connectivity index (χ3n) is 12.2.